The summed E-state index contributed by atoms with van der Waals surface area (Å²) in [7, 11) is 0. The molecule has 15 heavy (non-hydrogen) atoms. The van der Waals surface area contributed by atoms with Gasteiger partial charge < -0.3 is 10.5 Å². The number of ether oxygens (including phenoxy) is 1. The molecular formula is C10H7NO4. The molecule has 0 spiro atoms. The third kappa shape index (κ3) is 1.38. The Kier molecular flexibility index (Phi) is 2.00. The van der Waals surface area contributed by atoms with Gasteiger partial charge in [-0.25, -0.2) is 0 Å². The van der Waals surface area contributed by atoms with Crippen molar-refractivity contribution in [3.8, 4) is 5.75 Å². The zero-order valence-corrected chi connectivity index (χ0v) is 7.60. The molecule has 1 aliphatic rings. The first-order chi connectivity index (χ1) is 7.11. The molecule has 1 aromatic carbocycles. The summed E-state index contributed by atoms with van der Waals surface area (Å²) in [5.41, 5.74) is 5.15. The summed E-state index contributed by atoms with van der Waals surface area (Å²) in [4.78, 5) is 33.8. The largest absolute Gasteiger partial charge is 0.425 e. The number of amides is 1. The van der Waals surface area contributed by atoms with E-state index in [0.717, 1.165) is 0 Å². The lowest BCUT2D eigenvalue weighted by atomic mass is 9.94. The first kappa shape index (κ1) is 9.39. The minimum Gasteiger partial charge on any atom is -0.425 e. The average Bonchev–Trinajstić information content (AvgIpc) is 2.17. The van der Waals surface area contributed by atoms with Gasteiger partial charge in [-0.05, 0) is 12.1 Å². The van der Waals surface area contributed by atoms with E-state index in [1.165, 1.54) is 12.1 Å². The molecule has 1 heterocycles. The van der Waals surface area contributed by atoms with Gasteiger partial charge >= 0.3 is 5.97 Å². The highest BCUT2D eigenvalue weighted by Gasteiger charge is 2.40. The fourth-order valence-electron chi connectivity index (χ4n) is 1.43. The van der Waals surface area contributed by atoms with Crippen molar-refractivity contribution in [3.63, 3.8) is 0 Å². The van der Waals surface area contributed by atoms with Crippen LogP contribution in [0.25, 0.3) is 0 Å². The molecule has 0 fully saturated rings. The summed E-state index contributed by atoms with van der Waals surface area (Å²) in [6.45, 7) is 0. The molecule has 1 atom stereocenters. The maximum atomic E-state index is 11.7. The number of hydrogen-bond acceptors (Lipinski definition) is 4. The van der Waals surface area contributed by atoms with Crippen molar-refractivity contribution in [3.05, 3.63) is 29.8 Å². The SMILES string of the molecule is NC(=O)[C@H]1C(=O)Oc2ccccc2C1=O. The van der Waals surface area contributed by atoms with Crippen LogP contribution in [-0.2, 0) is 9.59 Å². The first-order valence-corrected chi connectivity index (χ1v) is 4.25. The third-order valence-corrected chi connectivity index (χ3v) is 2.15. The number of ketones is 1. The topological polar surface area (TPSA) is 86.5 Å². The Bertz CT molecular complexity index is 466. The maximum absolute atomic E-state index is 11.7. The highest BCUT2D eigenvalue weighted by molar-refractivity contribution is 6.24. The van der Waals surface area contributed by atoms with Crippen LogP contribution in [0.3, 0.4) is 0 Å². The third-order valence-electron chi connectivity index (χ3n) is 2.15. The lowest BCUT2D eigenvalue weighted by Gasteiger charge is -2.19. The molecule has 0 radical (unpaired) electrons. The zero-order valence-electron chi connectivity index (χ0n) is 7.60. The molecule has 2 N–H and O–H groups in total. The molecule has 1 aromatic rings. The summed E-state index contributed by atoms with van der Waals surface area (Å²) in [6.07, 6.45) is 0. The number of esters is 1. The van der Waals surface area contributed by atoms with Crippen molar-refractivity contribution < 1.29 is 19.1 Å². The van der Waals surface area contributed by atoms with Gasteiger partial charge in [-0.2, -0.15) is 0 Å². The van der Waals surface area contributed by atoms with E-state index < -0.39 is 23.6 Å². The van der Waals surface area contributed by atoms with Gasteiger partial charge in [-0.3, -0.25) is 14.4 Å². The van der Waals surface area contributed by atoms with Crippen molar-refractivity contribution in [2.24, 2.45) is 11.7 Å². The van der Waals surface area contributed by atoms with Crippen LogP contribution >= 0.6 is 0 Å². The Balaban J connectivity index is 2.52. The average molecular weight is 205 g/mol. The van der Waals surface area contributed by atoms with Crippen LogP contribution in [0.15, 0.2) is 24.3 Å². The summed E-state index contributed by atoms with van der Waals surface area (Å²) < 4.78 is 4.82. The fourth-order valence-corrected chi connectivity index (χ4v) is 1.43. The van der Waals surface area contributed by atoms with Gasteiger partial charge in [0.25, 0.3) is 0 Å². The highest BCUT2D eigenvalue weighted by atomic mass is 16.5. The molecule has 0 unspecified atom stereocenters. The minimum atomic E-state index is -1.51. The standard InChI is InChI=1S/C10H7NO4/c11-9(13)7-8(12)5-3-1-2-4-6(5)15-10(7)14/h1-4,7H,(H2,11,13)/t7-/m0/s1. The van der Waals surface area contributed by atoms with E-state index >= 15 is 0 Å². The van der Waals surface area contributed by atoms with Gasteiger partial charge in [0.2, 0.25) is 5.91 Å². The summed E-state index contributed by atoms with van der Waals surface area (Å²) in [5, 5.41) is 0. The molecule has 5 heteroatoms. The summed E-state index contributed by atoms with van der Waals surface area (Å²) >= 11 is 0. The highest BCUT2D eigenvalue weighted by Crippen LogP contribution is 2.27. The van der Waals surface area contributed by atoms with Crippen LogP contribution in [0.1, 0.15) is 10.4 Å². The van der Waals surface area contributed by atoms with Crippen LogP contribution in [-0.4, -0.2) is 17.7 Å². The van der Waals surface area contributed by atoms with Gasteiger partial charge in [0.05, 0.1) is 5.56 Å². The Morgan fingerprint density at radius 2 is 1.93 bits per heavy atom. The maximum Gasteiger partial charge on any atom is 0.331 e. The minimum absolute atomic E-state index is 0.171. The van der Waals surface area contributed by atoms with Crippen LogP contribution in [0.2, 0.25) is 0 Å². The van der Waals surface area contributed by atoms with E-state index in [2.05, 4.69) is 0 Å². The van der Waals surface area contributed by atoms with Gasteiger partial charge in [-0.1, -0.05) is 12.1 Å². The van der Waals surface area contributed by atoms with E-state index in [-0.39, 0.29) is 11.3 Å². The van der Waals surface area contributed by atoms with Crippen molar-refractivity contribution in [2.45, 2.75) is 0 Å². The number of carbonyl (C=O) groups excluding carboxylic acids is 3. The van der Waals surface area contributed by atoms with Crippen LogP contribution in [0.5, 0.6) is 5.75 Å². The molecule has 5 nitrogen and oxygen atoms in total. The molecule has 1 amide bonds. The fraction of sp³-hybridized carbons (Fsp3) is 0.100. The number of primary amides is 1. The number of carbonyl (C=O) groups is 3. The normalized spacial score (nSPS) is 19.3. The number of hydrogen-bond donors (Lipinski definition) is 1. The molecule has 0 saturated carbocycles. The first-order valence-electron chi connectivity index (χ1n) is 4.25. The number of para-hydroxylation sites is 1. The Labute approximate surface area is 84.8 Å². The van der Waals surface area contributed by atoms with Crippen LogP contribution in [0.4, 0.5) is 0 Å². The predicted molar refractivity (Wildman–Crippen MR) is 49.1 cm³/mol. The van der Waals surface area contributed by atoms with Crippen molar-refractivity contribution in [1.82, 2.24) is 0 Å². The van der Waals surface area contributed by atoms with Crippen molar-refractivity contribution >= 4 is 17.7 Å². The van der Waals surface area contributed by atoms with Crippen LogP contribution in [0, 0.1) is 5.92 Å². The lowest BCUT2D eigenvalue weighted by molar-refractivity contribution is -0.142. The van der Waals surface area contributed by atoms with E-state index in [0.29, 0.717) is 0 Å². The molecule has 1 aliphatic heterocycles. The lowest BCUT2D eigenvalue weighted by Crippen LogP contribution is -2.42. The van der Waals surface area contributed by atoms with E-state index in [1.807, 2.05) is 0 Å². The van der Waals surface area contributed by atoms with Gasteiger partial charge in [0.1, 0.15) is 5.75 Å². The smallest absolute Gasteiger partial charge is 0.331 e. The Morgan fingerprint density at radius 1 is 1.27 bits per heavy atom. The molecule has 2 rings (SSSR count). The molecule has 76 valence electrons. The van der Waals surface area contributed by atoms with E-state index in [4.69, 9.17) is 10.5 Å². The number of rotatable bonds is 1. The Morgan fingerprint density at radius 3 is 2.60 bits per heavy atom. The second-order valence-corrected chi connectivity index (χ2v) is 3.12. The van der Waals surface area contributed by atoms with E-state index in [9.17, 15) is 14.4 Å². The quantitative estimate of drug-likeness (QED) is 0.393. The molecule has 0 aromatic heterocycles. The summed E-state index contributed by atoms with van der Waals surface area (Å²) in [6, 6.07) is 6.22. The number of Topliss-reactive ketones (excluding diaryl/α,β-unsaturated/α-hetero) is 1. The molecule has 0 aliphatic carbocycles. The van der Waals surface area contributed by atoms with E-state index in [1.54, 1.807) is 12.1 Å². The number of nitrogens with two attached hydrogens (primary N) is 1. The second kappa shape index (κ2) is 3.20. The van der Waals surface area contributed by atoms with Crippen molar-refractivity contribution in [2.75, 3.05) is 0 Å². The summed E-state index contributed by atoms with van der Waals surface area (Å²) in [5.74, 6) is -3.84. The van der Waals surface area contributed by atoms with Gasteiger partial charge in [0, 0.05) is 0 Å². The molecule has 0 saturated heterocycles. The second-order valence-electron chi connectivity index (χ2n) is 3.12. The monoisotopic (exact) mass is 205 g/mol. The predicted octanol–water partition coefficient (Wildman–Crippen LogP) is -0.110. The molecular weight excluding hydrogens is 198 g/mol. The van der Waals surface area contributed by atoms with Gasteiger partial charge in [0.15, 0.2) is 11.7 Å². The van der Waals surface area contributed by atoms with Crippen LogP contribution < -0.4 is 10.5 Å². The van der Waals surface area contributed by atoms with Crippen molar-refractivity contribution in [1.29, 1.82) is 0 Å². The van der Waals surface area contributed by atoms with Gasteiger partial charge in [-0.15, -0.1) is 0 Å². The number of fused-ring (bicyclic) bond motifs is 1. The zero-order chi connectivity index (χ0) is 11.0. The Hall–Kier alpha value is -2.17. The molecule has 0 bridgehead atoms. The number of benzene rings is 1.